The van der Waals surface area contributed by atoms with E-state index in [1.54, 1.807) is 0 Å². The lowest BCUT2D eigenvalue weighted by Crippen LogP contribution is -2.23. The number of nitrogens with zero attached hydrogens (tertiary/aromatic N) is 2. The molecule has 142 valence electrons. The van der Waals surface area contributed by atoms with Crippen LogP contribution in [-0.4, -0.2) is 22.7 Å². The fraction of sp³-hybridized carbons (Fsp3) is 0.190. The summed E-state index contributed by atoms with van der Waals surface area (Å²) in [6.45, 7) is 2.72. The minimum Gasteiger partial charge on any atom is -0.454 e. The van der Waals surface area contributed by atoms with Crippen LogP contribution in [0.25, 0.3) is 0 Å². The van der Waals surface area contributed by atoms with E-state index in [1.807, 2.05) is 30.3 Å². The number of hydrogen-bond donors (Lipinski definition) is 2. The van der Waals surface area contributed by atoms with Crippen molar-refractivity contribution in [3.63, 3.8) is 0 Å². The number of hydrogen-bond acceptors (Lipinski definition) is 6. The molecule has 1 amide bonds. The molecule has 0 unspecified atom stereocenters. The number of carbonyl (C=O) groups excluding carboxylic acids is 1. The Morgan fingerprint density at radius 3 is 2.46 bits per heavy atom. The van der Waals surface area contributed by atoms with Crippen LogP contribution in [-0.2, 0) is 13.0 Å². The van der Waals surface area contributed by atoms with Crippen LogP contribution in [0.15, 0.2) is 54.9 Å². The maximum atomic E-state index is 12.3. The molecular weight excluding hydrogens is 356 g/mol. The first-order valence-corrected chi connectivity index (χ1v) is 9.06. The van der Waals surface area contributed by atoms with E-state index in [0.29, 0.717) is 23.8 Å². The van der Waals surface area contributed by atoms with E-state index >= 15 is 0 Å². The van der Waals surface area contributed by atoms with E-state index in [0.717, 1.165) is 23.4 Å². The number of aromatic nitrogens is 2. The van der Waals surface area contributed by atoms with Crippen molar-refractivity contribution in [3.05, 3.63) is 71.5 Å². The molecule has 0 fully saturated rings. The van der Waals surface area contributed by atoms with Gasteiger partial charge in [-0.25, -0.2) is 9.97 Å². The van der Waals surface area contributed by atoms with Gasteiger partial charge in [-0.2, -0.15) is 0 Å². The van der Waals surface area contributed by atoms with Crippen LogP contribution < -0.4 is 20.1 Å². The zero-order chi connectivity index (χ0) is 19.3. The average molecular weight is 376 g/mol. The first-order chi connectivity index (χ1) is 13.7. The van der Waals surface area contributed by atoms with E-state index in [4.69, 9.17) is 9.47 Å². The first-order valence-electron chi connectivity index (χ1n) is 9.06. The molecule has 0 bridgehead atoms. The Bertz CT molecular complexity index is 972. The first kappa shape index (κ1) is 17.8. The van der Waals surface area contributed by atoms with Crippen LogP contribution in [0, 0.1) is 0 Å². The van der Waals surface area contributed by atoms with Gasteiger partial charge in [0.05, 0.1) is 5.56 Å². The zero-order valence-corrected chi connectivity index (χ0v) is 15.4. The van der Waals surface area contributed by atoms with Crippen LogP contribution in [0.2, 0.25) is 0 Å². The van der Waals surface area contributed by atoms with Crippen molar-refractivity contribution in [3.8, 4) is 11.5 Å². The Morgan fingerprint density at radius 1 is 1.00 bits per heavy atom. The van der Waals surface area contributed by atoms with Crippen LogP contribution in [0.1, 0.15) is 28.4 Å². The molecule has 0 atom stereocenters. The normalized spacial score (nSPS) is 11.9. The van der Waals surface area contributed by atoms with Gasteiger partial charge in [0.15, 0.2) is 11.5 Å². The van der Waals surface area contributed by atoms with E-state index in [1.165, 1.54) is 18.0 Å². The lowest BCUT2D eigenvalue weighted by molar-refractivity contribution is 0.0950. The monoisotopic (exact) mass is 376 g/mol. The molecular formula is C21H20N4O3. The third-order valence-electron chi connectivity index (χ3n) is 4.42. The number of aryl methyl sites for hydroxylation is 1. The minimum atomic E-state index is -0.239. The molecule has 0 saturated heterocycles. The van der Waals surface area contributed by atoms with Crippen molar-refractivity contribution in [1.82, 2.24) is 15.3 Å². The van der Waals surface area contributed by atoms with E-state index in [2.05, 4.69) is 39.7 Å². The predicted molar refractivity (Wildman–Crippen MR) is 105 cm³/mol. The van der Waals surface area contributed by atoms with Crippen molar-refractivity contribution < 1.29 is 14.3 Å². The number of amides is 1. The summed E-state index contributed by atoms with van der Waals surface area (Å²) in [6.07, 6.45) is 4.00. The number of nitrogens with one attached hydrogen (secondary N) is 2. The van der Waals surface area contributed by atoms with Gasteiger partial charge in [-0.05, 0) is 41.8 Å². The van der Waals surface area contributed by atoms with Gasteiger partial charge in [-0.3, -0.25) is 4.79 Å². The van der Waals surface area contributed by atoms with Gasteiger partial charge >= 0.3 is 0 Å². The Labute approximate surface area is 162 Å². The van der Waals surface area contributed by atoms with Crippen molar-refractivity contribution in [2.75, 3.05) is 12.1 Å². The highest BCUT2D eigenvalue weighted by molar-refractivity contribution is 5.93. The zero-order valence-electron chi connectivity index (χ0n) is 15.4. The molecule has 2 N–H and O–H groups in total. The summed E-state index contributed by atoms with van der Waals surface area (Å²) in [5, 5.41) is 5.98. The van der Waals surface area contributed by atoms with E-state index < -0.39 is 0 Å². The molecule has 2 aromatic carbocycles. The second kappa shape index (κ2) is 7.96. The van der Waals surface area contributed by atoms with Crippen LogP contribution in [0.4, 0.5) is 11.6 Å². The number of anilines is 2. The largest absolute Gasteiger partial charge is 0.454 e. The summed E-state index contributed by atoms with van der Waals surface area (Å²) in [5.41, 5.74) is 3.48. The Morgan fingerprint density at radius 2 is 1.71 bits per heavy atom. The molecule has 2 heterocycles. The second-order valence-corrected chi connectivity index (χ2v) is 6.34. The molecule has 1 aromatic heterocycles. The van der Waals surface area contributed by atoms with Crippen molar-refractivity contribution in [1.29, 1.82) is 0 Å². The number of ether oxygens (including phenoxy) is 2. The van der Waals surface area contributed by atoms with Crippen molar-refractivity contribution >= 4 is 17.5 Å². The van der Waals surface area contributed by atoms with E-state index in [-0.39, 0.29) is 12.7 Å². The van der Waals surface area contributed by atoms with Crippen molar-refractivity contribution in [2.24, 2.45) is 0 Å². The minimum absolute atomic E-state index is 0.228. The predicted octanol–water partition coefficient (Wildman–Crippen LogP) is 3.44. The third kappa shape index (κ3) is 4.03. The summed E-state index contributed by atoms with van der Waals surface area (Å²) < 4.78 is 10.6. The molecule has 7 nitrogen and oxygen atoms in total. The Hall–Kier alpha value is -3.61. The summed E-state index contributed by atoms with van der Waals surface area (Å²) in [5.74, 6) is 1.61. The molecule has 4 rings (SSSR count). The molecule has 1 aliphatic rings. The second-order valence-electron chi connectivity index (χ2n) is 6.34. The number of rotatable bonds is 6. The van der Waals surface area contributed by atoms with Crippen molar-refractivity contribution in [2.45, 2.75) is 19.9 Å². The SMILES string of the molecule is CCc1ccc(Nc2ncc(C(=O)NCc3ccc4c(c3)OCO4)cn2)cc1. The quantitative estimate of drug-likeness (QED) is 0.685. The van der Waals surface area contributed by atoms with Gasteiger partial charge in [0.2, 0.25) is 12.7 Å². The van der Waals surface area contributed by atoms with Gasteiger partial charge < -0.3 is 20.1 Å². The lowest BCUT2D eigenvalue weighted by Gasteiger charge is -2.08. The summed E-state index contributed by atoms with van der Waals surface area (Å²) in [4.78, 5) is 20.8. The molecule has 28 heavy (non-hydrogen) atoms. The summed E-state index contributed by atoms with van der Waals surface area (Å²) in [7, 11) is 0. The standard InChI is InChI=1S/C21H20N4O3/c1-2-14-3-6-17(7-4-14)25-21-23-11-16(12-24-21)20(26)22-10-15-5-8-18-19(9-15)28-13-27-18/h3-9,11-12H,2,10,13H2,1H3,(H,22,26)(H,23,24,25). The van der Waals surface area contributed by atoms with Crippen LogP contribution >= 0.6 is 0 Å². The highest BCUT2D eigenvalue weighted by Crippen LogP contribution is 2.32. The summed E-state index contributed by atoms with van der Waals surface area (Å²) in [6, 6.07) is 13.7. The number of carbonyl (C=O) groups is 1. The Balaban J connectivity index is 1.34. The van der Waals surface area contributed by atoms with Gasteiger partial charge in [0.1, 0.15) is 0 Å². The smallest absolute Gasteiger partial charge is 0.254 e. The fourth-order valence-corrected chi connectivity index (χ4v) is 2.80. The fourth-order valence-electron chi connectivity index (χ4n) is 2.80. The van der Waals surface area contributed by atoms with Gasteiger partial charge in [0, 0.05) is 24.6 Å². The van der Waals surface area contributed by atoms with Crippen LogP contribution in [0.5, 0.6) is 11.5 Å². The van der Waals surface area contributed by atoms with Gasteiger partial charge in [0.25, 0.3) is 5.91 Å². The highest BCUT2D eigenvalue weighted by atomic mass is 16.7. The summed E-state index contributed by atoms with van der Waals surface area (Å²) >= 11 is 0. The molecule has 0 saturated carbocycles. The number of benzene rings is 2. The maximum absolute atomic E-state index is 12.3. The highest BCUT2D eigenvalue weighted by Gasteiger charge is 2.14. The molecule has 3 aromatic rings. The van der Waals surface area contributed by atoms with Crippen LogP contribution in [0.3, 0.4) is 0 Å². The topological polar surface area (TPSA) is 85.4 Å². The van der Waals surface area contributed by atoms with E-state index in [9.17, 15) is 4.79 Å². The molecule has 0 radical (unpaired) electrons. The Kier molecular flexibility index (Phi) is 5.05. The third-order valence-corrected chi connectivity index (χ3v) is 4.42. The molecule has 7 heteroatoms. The number of fused-ring (bicyclic) bond motifs is 1. The van der Waals surface area contributed by atoms with Gasteiger partial charge in [-0.1, -0.05) is 25.1 Å². The molecule has 0 spiro atoms. The average Bonchev–Trinajstić information content (AvgIpc) is 3.21. The lowest BCUT2D eigenvalue weighted by atomic mass is 10.1. The maximum Gasteiger partial charge on any atom is 0.254 e. The van der Waals surface area contributed by atoms with Gasteiger partial charge in [-0.15, -0.1) is 0 Å². The molecule has 0 aliphatic carbocycles. The molecule has 1 aliphatic heterocycles.